The van der Waals surface area contributed by atoms with Crippen LogP contribution in [0.5, 0.6) is 5.75 Å². The molecule has 3 rings (SSSR count). The summed E-state index contributed by atoms with van der Waals surface area (Å²) in [6.07, 6.45) is 5.25. The number of nitrogens with one attached hydrogen (secondary N) is 1. The lowest BCUT2D eigenvalue weighted by atomic mass is 10.1. The molecule has 0 spiro atoms. The highest BCUT2D eigenvalue weighted by Crippen LogP contribution is 2.24. The number of carbonyl (C=O) groups excluding carboxylic acids is 2. The Balaban J connectivity index is 1.63. The quantitative estimate of drug-likeness (QED) is 0.761. The average molecular weight is 367 g/mol. The Morgan fingerprint density at radius 1 is 1.04 bits per heavy atom. The van der Waals surface area contributed by atoms with Crippen LogP contribution in [0.4, 0.5) is 0 Å². The van der Waals surface area contributed by atoms with Gasteiger partial charge in [0.25, 0.3) is 5.91 Å². The van der Waals surface area contributed by atoms with Gasteiger partial charge in [0.2, 0.25) is 0 Å². The molecule has 0 aromatic heterocycles. The zero-order chi connectivity index (χ0) is 19.1. The van der Waals surface area contributed by atoms with Crippen molar-refractivity contribution >= 4 is 11.9 Å². The van der Waals surface area contributed by atoms with Crippen molar-refractivity contribution in [2.24, 2.45) is 0 Å². The molecule has 1 atom stereocenters. The molecule has 1 amide bonds. The van der Waals surface area contributed by atoms with E-state index in [4.69, 9.17) is 9.47 Å². The van der Waals surface area contributed by atoms with Crippen LogP contribution in [0.1, 0.15) is 41.6 Å². The first-order valence-electron chi connectivity index (χ1n) is 9.35. The molecule has 1 N–H and O–H groups in total. The van der Waals surface area contributed by atoms with E-state index in [0.717, 1.165) is 24.2 Å². The molecule has 142 valence electrons. The van der Waals surface area contributed by atoms with E-state index in [1.165, 1.54) is 20.0 Å². The Morgan fingerprint density at radius 2 is 1.70 bits per heavy atom. The van der Waals surface area contributed by atoms with E-state index in [2.05, 4.69) is 5.32 Å². The normalized spacial score (nSPS) is 15.1. The summed E-state index contributed by atoms with van der Waals surface area (Å²) in [5, 5.41) is 2.77. The fourth-order valence-electron chi connectivity index (χ4n) is 3.31. The molecule has 0 saturated heterocycles. The number of benzene rings is 2. The highest BCUT2D eigenvalue weighted by molar-refractivity contribution is 5.96. The number of methoxy groups -OCH3 is 1. The standard InChI is InChI=1S/C22H25NO4/c1-26-22(25)20(15-16-7-3-2-4-8-16)23-21(24)17-11-13-19(14-12-17)27-18-9-5-6-10-18/h2-4,7-8,11-14,18,20H,5-6,9-10,15H2,1H3,(H,23,24). The fraction of sp³-hybridized carbons (Fsp3) is 0.364. The molecule has 5 nitrogen and oxygen atoms in total. The van der Waals surface area contributed by atoms with Crippen LogP contribution in [0, 0.1) is 0 Å². The molecule has 1 aliphatic rings. The summed E-state index contributed by atoms with van der Waals surface area (Å²) < 4.78 is 10.8. The van der Waals surface area contributed by atoms with Gasteiger partial charge in [-0.25, -0.2) is 4.79 Å². The van der Waals surface area contributed by atoms with Gasteiger partial charge in [0.15, 0.2) is 0 Å². The molecule has 2 aromatic rings. The van der Waals surface area contributed by atoms with Gasteiger partial charge in [-0.15, -0.1) is 0 Å². The highest BCUT2D eigenvalue weighted by atomic mass is 16.5. The van der Waals surface area contributed by atoms with Crippen molar-refractivity contribution in [3.63, 3.8) is 0 Å². The number of carbonyl (C=O) groups is 2. The smallest absolute Gasteiger partial charge is 0.328 e. The van der Waals surface area contributed by atoms with Crippen LogP contribution in [0.3, 0.4) is 0 Å². The summed E-state index contributed by atoms with van der Waals surface area (Å²) in [7, 11) is 1.32. The van der Waals surface area contributed by atoms with Gasteiger partial charge in [-0.1, -0.05) is 30.3 Å². The van der Waals surface area contributed by atoms with Crippen molar-refractivity contribution in [3.05, 3.63) is 65.7 Å². The molecular weight excluding hydrogens is 342 g/mol. The van der Waals surface area contributed by atoms with E-state index in [-0.39, 0.29) is 12.0 Å². The predicted octanol–water partition coefficient (Wildman–Crippen LogP) is 3.52. The zero-order valence-corrected chi connectivity index (χ0v) is 15.5. The summed E-state index contributed by atoms with van der Waals surface area (Å²) in [6.45, 7) is 0. The maximum Gasteiger partial charge on any atom is 0.328 e. The van der Waals surface area contributed by atoms with Crippen LogP contribution in [-0.4, -0.2) is 31.1 Å². The molecular formula is C22H25NO4. The van der Waals surface area contributed by atoms with Gasteiger partial charge in [0, 0.05) is 12.0 Å². The van der Waals surface area contributed by atoms with E-state index in [0.29, 0.717) is 12.0 Å². The maximum absolute atomic E-state index is 12.6. The Bertz CT molecular complexity index is 752. The minimum absolute atomic E-state index is 0.277. The predicted molar refractivity (Wildman–Crippen MR) is 103 cm³/mol. The van der Waals surface area contributed by atoms with E-state index in [9.17, 15) is 9.59 Å². The second-order valence-electron chi connectivity index (χ2n) is 6.79. The Labute approximate surface area is 159 Å². The van der Waals surface area contributed by atoms with Crippen LogP contribution < -0.4 is 10.1 Å². The van der Waals surface area contributed by atoms with Gasteiger partial charge >= 0.3 is 5.97 Å². The van der Waals surface area contributed by atoms with Gasteiger partial charge in [-0.05, 0) is 55.5 Å². The second kappa shape index (κ2) is 9.21. The van der Waals surface area contributed by atoms with Gasteiger partial charge in [0.1, 0.15) is 11.8 Å². The van der Waals surface area contributed by atoms with Gasteiger partial charge in [0.05, 0.1) is 13.2 Å². The fourth-order valence-corrected chi connectivity index (χ4v) is 3.31. The topological polar surface area (TPSA) is 64.6 Å². The van der Waals surface area contributed by atoms with Crippen LogP contribution in [-0.2, 0) is 16.0 Å². The molecule has 1 unspecified atom stereocenters. The first-order valence-corrected chi connectivity index (χ1v) is 9.35. The largest absolute Gasteiger partial charge is 0.490 e. The number of esters is 1. The second-order valence-corrected chi connectivity index (χ2v) is 6.79. The van der Waals surface area contributed by atoms with Crippen molar-refractivity contribution in [1.29, 1.82) is 0 Å². The molecule has 0 aliphatic heterocycles. The van der Waals surface area contributed by atoms with Gasteiger partial charge in [-0.2, -0.15) is 0 Å². The monoisotopic (exact) mass is 367 g/mol. The molecule has 1 aliphatic carbocycles. The molecule has 27 heavy (non-hydrogen) atoms. The van der Waals surface area contributed by atoms with Crippen molar-refractivity contribution < 1.29 is 19.1 Å². The average Bonchev–Trinajstić information content (AvgIpc) is 3.21. The summed E-state index contributed by atoms with van der Waals surface area (Å²) in [4.78, 5) is 24.6. The van der Waals surface area contributed by atoms with Crippen LogP contribution in [0.15, 0.2) is 54.6 Å². The van der Waals surface area contributed by atoms with E-state index in [1.54, 1.807) is 24.3 Å². The van der Waals surface area contributed by atoms with Crippen molar-refractivity contribution in [3.8, 4) is 5.75 Å². The summed E-state index contributed by atoms with van der Waals surface area (Å²) in [5.41, 5.74) is 1.43. The third-order valence-corrected chi connectivity index (χ3v) is 4.80. The Kier molecular flexibility index (Phi) is 6.47. The lowest BCUT2D eigenvalue weighted by molar-refractivity contribution is -0.142. The van der Waals surface area contributed by atoms with Gasteiger partial charge < -0.3 is 14.8 Å². The van der Waals surface area contributed by atoms with Gasteiger partial charge in [-0.3, -0.25) is 4.79 Å². The summed E-state index contributed by atoms with van der Waals surface area (Å²) >= 11 is 0. The Hall–Kier alpha value is -2.82. The first kappa shape index (κ1) is 19.0. The molecule has 0 heterocycles. The lowest BCUT2D eigenvalue weighted by Crippen LogP contribution is -2.43. The van der Waals surface area contributed by atoms with Crippen LogP contribution in [0.2, 0.25) is 0 Å². The van der Waals surface area contributed by atoms with Crippen LogP contribution in [0.25, 0.3) is 0 Å². The van der Waals surface area contributed by atoms with Crippen molar-refractivity contribution in [2.75, 3.05) is 7.11 Å². The highest BCUT2D eigenvalue weighted by Gasteiger charge is 2.23. The SMILES string of the molecule is COC(=O)C(Cc1ccccc1)NC(=O)c1ccc(OC2CCCC2)cc1. The zero-order valence-electron chi connectivity index (χ0n) is 15.5. The number of hydrogen-bond acceptors (Lipinski definition) is 4. The third-order valence-electron chi connectivity index (χ3n) is 4.80. The van der Waals surface area contributed by atoms with Crippen LogP contribution >= 0.6 is 0 Å². The van der Waals surface area contributed by atoms with E-state index < -0.39 is 12.0 Å². The molecule has 2 aromatic carbocycles. The first-order chi connectivity index (χ1) is 13.2. The molecule has 5 heteroatoms. The molecule has 0 radical (unpaired) electrons. The van der Waals surface area contributed by atoms with E-state index in [1.807, 2.05) is 30.3 Å². The summed E-state index contributed by atoms with van der Waals surface area (Å²) in [5.74, 6) is -0.00519. The van der Waals surface area contributed by atoms with Crippen molar-refractivity contribution in [1.82, 2.24) is 5.32 Å². The molecule has 0 bridgehead atoms. The minimum Gasteiger partial charge on any atom is -0.490 e. The van der Waals surface area contributed by atoms with E-state index >= 15 is 0 Å². The number of hydrogen-bond donors (Lipinski definition) is 1. The number of ether oxygens (including phenoxy) is 2. The Morgan fingerprint density at radius 3 is 2.33 bits per heavy atom. The molecule has 1 fully saturated rings. The number of rotatable bonds is 7. The maximum atomic E-state index is 12.6. The molecule has 1 saturated carbocycles. The summed E-state index contributed by atoms with van der Waals surface area (Å²) in [6, 6.07) is 15.8. The lowest BCUT2D eigenvalue weighted by Gasteiger charge is -2.17. The minimum atomic E-state index is -0.737. The number of amides is 1. The van der Waals surface area contributed by atoms with Crippen molar-refractivity contribution in [2.45, 2.75) is 44.2 Å². The third kappa shape index (κ3) is 5.33.